The molecule has 2 atom stereocenters. The van der Waals surface area contributed by atoms with Gasteiger partial charge in [-0.3, -0.25) is 0 Å². The quantitative estimate of drug-likeness (QED) is 0.0285. The van der Waals surface area contributed by atoms with E-state index >= 15 is 0 Å². The molecule has 2 aliphatic heterocycles. The van der Waals surface area contributed by atoms with Crippen LogP contribution < -0.4 is 21.3 Å². The van der Waals surface area contributed by atoms with E-state index < -0.39 is 20.2 Å². The summed E-state index contributed by atoms with van der Waals surface area (Å²) in [5, 5.41) is 12.9. The van der Waals surface area contributed by atoms with Crippen molar-refractivity contribution in [1.29, 1.82) is 0 Å². The molecule has 4 rings (SSSR count). The molecule has 10 nitrogen and oxygen atoms in total. The predicted molar refractivity (Wildman–Crippen MR) is 302 cm³/mol. The molecule has 0 saturated carbocycles. The number of rotatable bonds is 44. The van der Waals surface area contributed by atoms with Crippen LogP contribution in [0, 0.1) is 0 Å². The van der Waals surface area contributed by atoms with Gasteiger partial charge in [-0.15, -0.1) is 0 Å². The van der Waals surface area contributed by atoms with Gasteiger partial charge in [-0.1, -0.05) is 270 Å². The van der Waals surface area contributed by atoms with E-state index in [1.807, 2.05) is 12.1 Å². The maximum atomic E-state index is 11.4. The summed E-state index contributed by atoms with van der Waals surface area (Å²) >= 11 is 0. The molecule has 2 aromatic carbocycles. The first kappa shape index (κ1) is 65.8. The van der Waals surface area contributed by atoms with Crippen LogP contribution in [0.1, 0.15) is 284 Å². The van der Waals surface area contributed by atoms with E-state index in [4.69, 9.17) is 0 Å². The Labute approximate surface area is 466 Å². The molecule has 4 N–H and O–H groups in total. The Bertz CT molecular complexity index is 1700. The van der Waals surface area contributed by atoms with E-state index in [1.54, 1.807) is 12.1 Å². The third-order valence-electron chi connectivity index (χ3n) is 14.6. The van der Waals surface area contributed by atoms with E-state index in [2.05, 4.69) is 35.1 Å². The molecule has 13 heteroatoms. The van der Waals surface area contributed by atoms with Crippen LogP contribution in [0.15, 0.2) is 46.2 Å². The Morgan fingerprint density at radius 1 is 0.338 bits per heavy atom. The van der Waals surface area contributed by atoms with Gasteiger partial charge in [0, 0.05) is 0 Å². The third-order valence-corrected chi connectivity index (χ3v) is 16.3. The molecule has 2 unspecified atom stereocenters. The number of benzene rings is 2. The number of nitrogens with one attached hydrogen (secondary N) is 4. The van der Waals surface area contributed by atoms with Gasteiger partial charge in [-0.2, -0.15) is 0 Å². The standard InChI is InChI=1S/2C29H52N2O3S.Ca/c2*1-2-3-4-5-6-7-8-9-10-11-12-13-14-15-16-17-18-19-20-21-25-28-30-26-23-22-24-27(29(26)31-28)35(32,33)34;/h2*22-24,28,30-31H,2-21,25H2,1H3,(H,32,33,34);/q;;+2/p-2. The van der Waals surface area contributed by atoms with Crippen LogP contribution in [0.25, 0.3) is 0 Å². The monoisotopic (exact) mass is 1050 g/mol. The minimum Gasteiger partial charge on any atom is -0.744 e. The first-order chi connectivity index (χ1) is 34.0. The van der Waals surface area contributed by atoms with Crippen molar-refractivity contribution in [2.45, 2.75) is 306 Å². The zero-order chi connectivity index (χ0) is 50.4. The van der Waals surface area contributed by atoms with Crippen LogP contribution in [0.4, 0.5) is 22.7 Å². The number of fused-ring (bicyclic) bond motifs is 2. The number of hydrogen-bond donors (Lipinski definition) is 4. The molecule has 0 aromatic heterocycles. The van der Waals surface area contributed by atoms with Gasteiger partial charge in [0.2, 0.25) is 0 Å². The van der Waals surface area contributed by atoms with Crippen molar-refractivity contribution in [2.24, 2.45) is 0 Å². The van der Waals surface area contributed by atoms with Gasteiger partial charge in [-0.05, 0) is 49.9 Å². The second-order valence-corrected chi connectivity index (χ2v) is 23.7. The van der Waals surface area contributed by atoms with Gasteiger partial charge in [0.05, 0.1) is 44.9 Å². The van der Waals surface area contributed by atoms with Crippen molar-refractivity contribution >= 4 is 80.7 Å². The summed E-state index contributed by atoms with van der Waals surface area (Å²) in [6.45, 7) is 4.57. The summed E-state index contributed by atoms with van der Waals surface area (Å²) in [5.41, 5.74) is 2.28. The summed E-state index contributed by atoms with van der Waals surface area (Å²) in [4.78, 5) is -0.318. The molecule has 0 spiro atoms. The van der Waals surface area contributed by atoms with E-state index in [0.717, 1.165) is 25.7 Å². The number of unbranched alkanes of at least 4 members (excludes halogenated alkanes) is 38. The number of para-hydroxylation sites is 2. The van der Waals surface area contributed by atoms with Crippen molar-refractivity contribution in [2.75, 3.05) is 21.3 Å². The van der Waals surface area contributed by atoms with Gasteiger partial charge < -0.3 is 30.4 Å². The van der Waals surface area contributed by atoms with E-state index in [9.17, 15) is 25.9 Å². The molecule has 2 aromatic rings. The molecule has 0 aliphatic carbocycles. The largest absolute Gasteiger partial charge is 2.00 e. The van der Waals surface area contributed by atoms with Crippen molar-refractivity contribution in [3.05, 3.63) is 36.4 Å². The Kier molecular flexibility index (Phi) is 38.9. The summed E-state index contributed by atoms with van der Waals surface area (Å²) < 4.78 is 68.5. The van der Waals surface area contributed by atoms with Gasteiger partial charge >= 0.3 is 37.7 Å². The molecule has 0 bridgehead atoms. The second kappa shape index (κ2) is 41.9. The number of hydrogen-bond acceptors (Lipinski definition) is 10. The third kappa shape index (κ3) is 31.4. The minimum atomic E-state index is -4.46. The van der Waals surface area contributed by atoms with Gasteiger partial charge in [0.1, 0.15) is 20.2 Å². The van der Waals surface area contributed by atoms with Crippen molar-refractivity contribution < 1.29 is 25.9 Å². The van der Waals surface area contributed by atoms with Crippen molar-refractivity contribution in [3.63, 3.8) is 0 Å². The molecular weight excluding hydrogens is 953 g/mol. The Morgan fingerprint density at radius 2 is 0.549 bits per heavy atom. The minimum absolute atomic E-state index is 0. The van der Waals surface area contributed by atoms with Crippen LogP contribution in [0.2, 0.25) is 0 Å². The first-order valence-electron chi connectivity index (χ1n) is 29.3. The topological polar surface area (TPSA) is 163 Å². The zero-order valence-corrected chi connectivity index (χ0v) is 49.1. The van der Waals surface area contributed by atoms with Gasteiger partial charge in [-0.25, -0.2) is 16.8 Å². The van der Waals surface area contributed by atoms with Gasteiger partial charge in [0.25, 0.3) is 0 Å². The van der Waals surface area contributed by atoms with E-state index in [-0.39, 0.29) is 59.9 Å². The average molecular weight is 1060 g/mol. The molecule has 0 saturated heterocycles. The summed E-state index contributed by atoms with van der Waals surface area (Å²) in [6.07, 6.45) is 56.8. The molecule has 2 heterocycles. The molecule has 404 valence electrons. The first-order valence-corrected chi connectivity index (χ1v) is 32.1. The molecule has 2 aliphatic rings. The SMILES string of the molecule is CCCCCCCCCCCCCCCCCCCCCCC1Nc2cccc(S(=O)(=O)[O-])c2N1.CCCCCCCCCCCCCCCCCCCCCCC1Nc2cccc(S(=O)(=O)[O-])c2N1.[Ca+2]. The number of anilines is 4. The zero-order valence-electron chi connectivity index (χ0n) is 45.3. The smallest absolute Gasteiger partial charge is 0.744 e. The van der Waals surface area contributed by atoms with Crippen molar-refractivity contribution in [3.8, 4) is 0 Å². The van der Waals surface area contributed by atoms with E-state index in [1.165, 1.54) is 256 Å². The molecule has 0 fully saturated rings. The summed E-state index contributed by atoms with van der Waals surface area (Å²) in [5.74, 6) is 0. The maximum absolute atomic E-state index is 11.4. The fourth-order valence-electron chi connectivity index (χ4n) is 10.3. The molecular formula is C58H102CaN4O6S2. The van der Waals surface area contributed by atoms with Crippen LogP contribution in [-0.4, -0.2) is 76.0 Å². The van der Waals surface area contributed by atoms with Crippen LogP contribution in [-0.2, 0) is 20.2 Å². The van der Waals surface area contributed by atoms with E-state index in [0.29, 0.717) is 22.7 Å². The average Bonchev–Trinajstić information content (AvgIpc) is 3.96. The normalized spacial score (nSPS) is 14.9. The predicted octanol–water partition coefficient (Wildman–Crippen LogP) is 17.6. The van der Waals surface area contributed by atoms with Crippen molar-refractivity contribution in [1.82, 2.24) is 0 Å². The Morgan fingerprint density at radius 3 is 0.761 bits per heavy atom. The maximum Gasteiger partial charge on any atom is 2.00 e. The van der Waals surface area contributed by atoms with Gasteiger partial charge in [0.15, 0.2) is 0 Å². The molecule has 0 radical (unpaired) electrons. The Hall–Kier alpha value is -1.28. The summed E-state index contributed by atoms with van der Waals surface area (Å²) in [6, 6.07) is 9.59. The Balaban J connectivity index is 0.000000480. The van der Waals surface area contributed by atoms with Crippen LogP contribution in [0.3, 0.4) is 0 Å². The fourth-order valence-corrected chi connectivity index (χ4v) is 11.6. The van der Waals surface area contributed by atoms with Crippen LogP contribution in [0.5, 0.6) is 0 Å². The second-order valence-electron chi connectivity index (χ2n) is 21.0. The molecule has 71 heavy (non-hydrogen) atoms. The molecule has 0 amide bonds. The van der Waals surface area contributed by atoms with Crippen LogP contribution >= 0.6 is 0 Å². The summed E-state index contributed by atoms with van der Waals surface area (Å²) in [7, 11) is -8.92. The fraction of sp³-hybridized carbons (Fsp3) is 0.793.